The number of aliphatic hydroxyl groups is 1. The topological polar surface area (TPSA) is 57.5 Å². The second kappa shape index (κ2) is 8.57. The number of aliphatic carboxylic acids is 1. The highest BCUT2D eigenvalue weighted by Gasteiger charge is 2.68. The van der Waals surface area contributed by atoms with Crippen LogP contribution in [0.25, 0.3) is 0 Å². The van der Waals surface area contributed by atoms with Crippen LogP contribution in [-0.4, -0.2) is 22.3 Å². The normalized spacial score (nSPS) is 43.2. The van der Waals surface area contributed by atoms with Gasteiger partial charge in [-0.3, -0.25) is 0 Å². The van der Waals surface area contributed by atoms with Crippen molar-refractivity contribution in [2.24, 2.45) is 40.9 Å². The molecule has 8 atom stereocenters. The van der Waals surface area contributed by atoms with Gasteiger partial charge in [0.2, 0.25) is 0 Å². The second-order valence-electron chi connectivity index (χ2n) is 9.82. The highest BCUT2D eigenvalue weighted by Crippen LogP contribution is 2.73. The van der Waals surface area contributed by atoms with E-state index in [1.54, 1.807) is 6.08 Å². The Hall–Kier alpha value is -1.35. The third-order valence-corrected chi connectivity index (χ3v) is 8.01. The highest BCUT2D eigenvalue weighted by atomic mass is 16.4. The number of fused-ring (bicyclic) bond motifs is 3. The molecule has 3 aliphatic rings. The van der Waals surface area contributed by atoms with Gasteiger partial charge >= 0.3 is 5.97 Å². The summed E-state index contributed by atoms with van der Waals surface area (Å²) >= 11 is 0. The zero-order valence-electron chi connectivity index (χ0n) is 18.0. The largest absolute Gasteiger partial charge is 0.478 e. The number of hydrogen-bond donors (Lipinski definition) is 2. The molecule has 0 saturated heterocycles. The number of rotatable bonds is 7. The number of carbonyl (C=O) groups is 1. The van der Waals surface area contributed by atoms with Gasteiger partial charge < -0.3 is 10.2 Å². The molecule has 0 aromatic carbocycles. The van der Waals surface area contributed by atoms with Gasteiger partial charge in [0.05, 0.1) is 6.10 Å². The van der Waals surface area contributed by atoms with E-state index in [1.165, 1.54) is 30.9 Å². The van der Waals surface area contributed by atoms with Crippen LogP contribution in [-0.2, 0) is 4.79 Å². The SMILES string of the molecule is CCCC/C=C(\C)[C@H]1[C@@H](/C=C/C=C/C(=O)O)[C@H]2[C@@H]([C@H]3C[C@]31C)[C@@H](O)CC[C@@H]2C. The Morgan fingerprint density at radius 3 is 2.64 bits per heavy atom. The number of hydrogen-bond acceptors (Lipinski definition) is 2. The Balaban J connectivity index is 1.95. The van der Waals surface area contributed by atoms with Crippen LogP contribution >= 0.6 is 0 Å². The number of aliphatic hydroxyl groups excluding tert-OH is 1. The fourth-order valence-electron chi connectivity index (χ4n) is 6.69. The summed E-state index contributed by atoms with van der Waals surface area (Å²) in [6.45, 7) is 9.32. The van der Waals surface area contributed by atoms with Gasteiger partial charge in [-0.25, -0.2) is 4.79 Å². The summed E-state index contributed by atoms with van der Waals surface area (Å²) in [7, 11) is 0. The van der Waals surface area contributed by atoms with Crippen LogP contribution in [0.15, 0.2) is 36.0 Å². The van der Waals surface area contributed by atoms with Crippen LogP contribution in [0.3, 0.4) is 0 Å². The lowest BCUT2D eigenvalue weighted by Gasteiger charge is -2.52. The maximum atomic E-state index is 10.9. The molecule has 3 heteroatoms. The molecule has 2 N–H and O–H groups in total. The molecule has 3 rings (SSSR count). The van der Waals surface area contributed by atoms with Crippen LogP contribution in [0, 0.1) is 40.9 Å². The standard InChI is InChI=1S/C25H38O3/c1-5-6-7-10-17(3)24-18(11-8-9-12-21(27)28)22-16(2)13-14-20(26)23(22)19-15-25(19,24)4/h8-12,16,18-20,22-24,26H,5-7,13-15H2,1-4H3,(H,27,28)/b11-8+,12-9+,17-10+/t16-,18-,19+,20-,22-,23-,24-,25+/m0/s1. The van der Waals surface area contributed by atoms with E-state index in [4.69, 9.17) is 5.11 Å². The summed E-state index contributed by atoms with van der Waals surface area (Å²) < 4.78 is 0. The molecule has 0 aromatic heterocycles. The first kappa shape index (κ1) is 21.4. The molecule has 156 valence electrons. The van der Waals surface area contributed by atoms with Crippen LogP contribution in [0.5, 0.6) is 0 Å². The van der Waals surface area contributed by atoms with Crippen LogP contribution in [0.4, 0.5) is 0 Å². The lowest BCUT2D eigenvalue weighted by Crippen LogP contribution is -2.49. The van der Waals surface area contributed by atoms with Crippen molar-refractivity contribution in [3.63, 3.8) is 0 Å². The molecule has 0 aromatic rings. The van der Waals surface area contributed by atoms with E-state index in [9.17, 15) is 9.90 Å². The van der Waals surface area contributed by atoms with Crippen molar-refractivity contribution in [3.05, 3.63) is 36.0 Å². The number of carboxylic acid groups (broad SMARTS) is 1. The molecule has 0 amide bonds. The van der Waals surface area contributed by atoms with E-state index in [0.29, 0.717) is 35.5 Å². The lowest BCUT2D eigenvalue weighted by molar-refractivity contribution is -0.131. The van der Waals surface area contributed by atoms with E-state index < -0.39 is 5.97 Å². The molecule has 0 aliphatic heterocycles. The van der Waals surface area contributed by atoms with Gasteiger partial charge in [-0.05, 0) is 73.5 Å². The first-order chi connectivity index (χ1) is 13.3. The maximum absolute atomic E-state index is 10.9. The minimum absolute atomic E-state index is 0.177. The highest BCUT2D eigenvalue weighted by molar-refractivity contribution is 5.80. The van der Waals surface area contributed by atoms with Gasteiger partial charge in [-0.2, -0.15) is 0 Å². The van der Waals surface area contributed by atoms with Crippen molar-refractivity contribution in [2.75, 3.05) is 0 Å². The van der Waals surface area contributed by atoms with Gasteiger partial charge in [0.15, 0.2) is 0 Å². The molecule has 3 nitrogen and oxygen atoms in total. The van der Waals surface area contributed by atoms with Crippen molar-refractivity contribution in [3.8, 4) is 0 Å². The first-order valence-electron chi connectivity index (χ1n) is 11.2. The van der Waals surface area contributed by atoms with E-state index in [2.05, 4.69) is 39.8 Å². The first-order valence-corrected chi connectivity index (χ1v) is 11.2. The van der Waals surface area contributed by atoms with Crippen LogP contribution in [0.1, 0.15) is 66.2 Å². The van der Waals surface area contributed by atoms with E-state index in [0.717, 1.165) is 19.3 Å². The number of carboxylic acids is 1. The molecule has 28 heavy (non-hydrogen) atoms. The third-order valence-electron chi connectivity index (χ3n) is 8.01. The quantitative estimate of drug-likeness (QED) is 0.258. The minimum Gasteiger partial charge on any atom is -0.478 e. The Morgan fingerprint density at radius 1 is 1.21 bits per heavy atom. The Bertz CT molecular complexity index is 661. The van der Waals surface area contributed by atoms with Crippen molar-refractivity contribution in [1.29, 1.82) is 0 Å². The minimum atomic E-state index is -0.908. The Morgan fingerprint density at radius 2 is 1.96 bits per heavy atom. The van der Waals surface area contributed by atoms with Gasteiger partial charge in [0.1, 0.15) is 0 Å². The molecule has 0 heterocycles. The van der Waals surface area contributed by atoms with Gasteiger partial charge in [-0.1, -0.05) is 63.5 Å². The van der Waals surface area contributed by atoms with E-state index in [1.807, 2.05) is 6.08 Å². The smallest absolute Gasteiger partial charge is 0.328 e. The molecule has 0 spiro atoms. The van der Waals surface area contributed by atoms with Crippen molar-refractivity contribution in [2.45, 2.75) is 72.3 Å². The summed E-state index contributed by atoms with van der Waals surface area (Å²) in [5.74, 6) is 2.07. The molecule has 0 bridgehead atoms. The fourth-order valence-corrected chi connectivity index (χ4v) is 6.69. The maximum Gasteiger partial charge on any atom is 0.328 e. The predicted octanol–water partition coefficient (Wildman–Crippen LogP) is 5.62. The molecular formula is C25H38O3. The summed E-state index contributed by atoms with van der Waals surface area (Å²) in [6, 6.07) is 0. The van der Waals surface area contributed by atoms with Crippen molar-refractivity contribution in [1.82, 2.24) is 0 Å². The summed E-state index contributed by atoms with van der Waals surface area (Å²) in [5.41, 5.74) is 1.78. The monoisotopic (exact) mass is 386 g/mol. The second-order valence-corrected chi connectivity index (χ2v) is 9.82. The molecule has 3 saturated carbocycles. The zero-order valence-corrected chi connectivity index (χ0v) is 18.0. The average molecular weight is 387 g/mol. The van der Waals surface area contributed by atoms with Crippen LogP contribution in [0.2, 0.25) is 0 Å². The van der Waals surface area contributed by atoms with Gasteiger partial charge in [-0.15, -0.1) is 0 Å². The Labute approximate surface area is 170 Å². The van der Waals surface area contributed by atoms with E-state index in [-0.39, 0.29) is 11.5 Å². The van der Waals surface area contributed by atoms with E-state index >= 15 is 0 Å². The molecule has 0 radical (unpaired) electrons. The average Bonchev–Trinajstić information content (AvgIpc) is 3.32. The third kappa shape index (κ3) is 4.01. The molecule has 3 aliphatic carbocycles. The van der Waals surface area contributed by atoms with Gasteiger partial charge in [0.25, 0.3) is 0 Å². The molecular weight excluding hydrogens is 348 g/mol. The molecule has 3 fully saturated rings. The molecule has 0 unspecified atom stereocenters. The Kier molecular flexibility index (Phi) is 6.54. The lowest BCUT2D eigenvalue weighted by atomic mass is 9.53. The zero-order chi connectivity index (χ0) is 20.5. The van der Waals surface area contributed by atoms with Crippen molar-refractivity contribution < 1.29 is 15.0 Å². The summed E-state index contributed by atoms with van der Waals surface area (Å²) in [4.78, 5) is 10.8. The number of unbranched alkanes of at least 4 members (excludes halogenated alkanes) is 2. The van der Waals surface area contributed by atoms with Gasteiger partial charge in [0, 0.05) is 6.08 Å². The predicted molar refractivity (Wildman–Crippen MR) is 114 cm³/mol. The fraction of sp³-hybridized carbons (Fsp3) is 0.720. The van der Waals surface area contributed by atoms with Crippen molar-refractivity contribution >= 4 is 5.97 Å². The van der Waals surface area contributed by atoms with Crippen LogP contribution < -0.4 is 0 Å². The number of allylic oxidation sites excluding steroid dienone is 5. The summed E-state index contributed by atoms with van der Waals surface area (Å²) in [5, 5.41) is 19.8. The summed E-state index contributed by atoms with van der Waals surface area (Å²) in [6.07, 6.45) is 16.1.